The van der Waals surface area contributed by atoms with Crippen LogP contribution in [0.5, 0.6) is 0 Å². The first kappa shape index (κ1) is 11.9. The van der Waals surface area contributed by atoms with E-state index in [1.54, 1.807) is 18.2 Å². The van der Waals surface area contributed by atoms with Crippen molar-refractivity contribution in [3.8, 4) is 0 Å². The lowest BCUT2D eigenvalue weighted by atomic mass is 10.1. The molecule has 1 N–H and O–H groups in total. The van der Waals surface area contributed by atoms with Crippen LogP contribution in [0, 0.1) is 5.82 Å². The number of halogens is 2. The maximum atomic E-state index is 13.0. The van der Waals surface area contributed by atoms with Crippen molar-refractivity contribution in [1.82, 2.24) is 0 Å². The van der Waals surface area contributed by atoms with Crippen molar-refractivity contribution in [2.45, 2.75) is 6.42 Å². The monoisotopic (exact) mass is 255 g/mol. The van der Waals surface area contributed by atoms with Crippen LogP contribution in [0.25, 0.3) is 0 Å². The number of carbonyl (C=O) groups is 1. The zero-order valence-electron chi connectivity index (χ0n) is 8.99. The molecular formula is C12H11ClFNO2. The van der Waals surface area contributed by atoms with E-state index < -0.39 is 11.8 Å². The van der Waals surface area contributed by atoms with Crippen molar-refractivity contribution in [1.29, 1.82) is 0 Å². The largest absolute Gasteiger partial charge is 0.478 e. The molecule has 2 rings (SSSR count). The molecule has 1 aromatic rings. The van der Waals surface area contributed by atoms with E-state index in [9.17, 15) is 9.18 Å². The number of anilines is 1. The minimum absolute atomic E-state index is 0.0792. The molecule has 1 aromatic carbocycles. The van der Waals surface area contributed by atoms with Gasteiger partial charge in [0.1, 0.15) is 5.82 Å². The predicted octanol–water partition coefficient (Wildman–Crippen LogP) is 2.70. The summed E-state index contributed by atoms with van der Waals surface area (Å²) < 4.78 is 13.0. The molecule has 0 fully saturated rings. The molecule has 0 aromatic heterocycles. The number of carboxylic acid groups (broad SMARTS) is 1. The fourth-order valence-electron chi connectivity index (χ4n) is 1.78. The van der Waals surface area contributed by atoms with Gasteiger partial charge in [-0.15, -0.1) is 0 Å². The first-order valence-corrected chi connectivity index (χ1v) is 5.58. The van der Waals surface area contributed by atoms with Crippen LogP contribution in [0.4, 0.5) is 10.1 Å². The highest BCUT2D eigenvalue weighted by molar-refractivity contribution is 6.31. The molecule has 1 aliphatic rings. The summed E-state index contributed by atoms with van der Waals surface area (Å²) in [6, 6.07) is 4.51. The van der Waals surface area contributed by atoms with Gasteiger partial charge in [-0.3, -0.25) is 0 Å². The van der Waals surface area contributed by atoms with E-state index in [0.29, 0.717) is 25.1 Å². The molecule has 5 heteroatoms. The predicted molar refractivity (Wildman–Crippen MR) is 64.0 cm³/mol. The van der Waals surface area contributed by atoms with Crippen LogP contribution in [0.3, 0.4) is 0 Å². The lowest BCUT2D eigenvalue weighted by Gasteiger charge is -2.27. The summed E-state index contributed by atoms with van der Waals surface area (Å²) in [5, 5.41) is 8.90. The second kappa shape index (κ2) is 4.75. The Bertz CT molecular complexity index is 487. The lowest BCUT2D eigenvalue weighted by Crippen LogP contribution is -2.30. The molecule has 0 atom stereocenters. The van der Waals surface area contributed by atoms with Gasteiger partial charge in [-0.25, -0.2) is 9.18 Å². The number of carboxylic acids is 1. The number of hydrogen-bond donors (Lipinski definition) is 1. The fourth-order valence-corrected chi connectivity index (χ4v) is 1.95. The molecule has 0 spiro atoms. The second-order valence-electron chi connectivity index (χ2n) is 3.83. The first-order chi connectivity index (χ1) is 8.08. The molecule has 90 valence electrons. The normalized spacial score (nSPS) is 15.6. The lowest BCUT2D eigenvalue weighted by molar-refractivity contribution is -0.132. The van der Waals surface area contributed by atoms with Crippen LogP contribution in [0.15, 0.2) is 29.8 Å². The van der Waals surface area contributed by atoms with Gasteiger partial charge >= 0.3 is 5.97 Å². The van der Waals surface area contributed by atoms with E-state index in [4.69, 9.17) is 16.7 Å². The van der Waals surface area contributed by atoms with Crippen LogP contribution in [0.1, 0.15) is 6.42 Å². The maximum absolute atomic E-state index is 13.0. The minimum atomic E-state index is -0.873. The molecule has 17 heavy (non-hydrogen) atoms. The maximum Gasteiger partial charge on any atom is 0.331 e. The van der Waals surface area contributed by atoms with Gasteiger partial charge in [0.15, 0.2) is 0 Å². The van der Waals surface area contributed by atoms with Crippen LogP contribution in [-0.2, 0) is 4.79 Å². The van der Waals surface area contributed by atoms with Gasteiger partial charge in [-0.1, -0.05) is 17.7 Å². The van der Waals surface area contributed by atoms with Gasteiger partial charge < -0.3 is 10.0 Å². The SMILES string of the molecule is O=C(O)C1=CCN(c2ccc(F)c(Cl)c2)CC1. The third-order valence-electron chi connectivity index (χ3n) is 2.75. The highest BCUT2D eigenvalue weighted by Gasteiger charge is 2.16. The van der Waals surface area contributed by atoms with Gasteiger partial charge in [0, 0.05) is 24.4 Å². The van der Waals surface area contributed by atoms with Gasteiger partial charge in [0.2, 0.25) is 0 Å². The van der Waals surface area contributed by atoms with E-state index in [1.165, 1.54) is 6.07 Å². The van der Waals surface area contributed by atoms with Gasteiger partial charge in [0.05, 0.1) is 5.02 Å². The molecule has 3 nitrogen and oxygen atoms in total. The van der Waals surface area contributed by atoms with Gasteiger partial charge in [0.25, 0.3) is 0 Å². The van der Waals surface area contributed by atoms with Crippen molar-refractivity contribution < 1.29 is 14.3 Å². The molecule has 0 saturated carbocycles. The summed E-state index contributed by atoms with van der Waals surface area (Å²) in [7, 11) is 0. The van der Waals surface area contributed by atoms with Crippen molar-refractivity contribution >= 4 is 23.3 Å². The summed E-state index contributed by atoms with van der Waals surface area (Å²) in [6.07, 6.45) is 2.15. The van der Waals surface area contributed by atoms with Crippen molar-refractivity contribution in [2.75, 3.05) is 18.0 Å². The van der Waals surface area contributed by atoms with Crippen molar-refractivity contribution in [2.24, 2.45) is 0 Å². The summed E-state index contributed by atoms with van der Waals surface area (Å²) in [5.74, 6) is -1.32. The standard InChI is InChI=1S/C12H11ClFNO2/c13-10-7-9(1-2-11(10)14)15-5-3-8(4-6-15)12(16)17/h1-3,7H,4-6H2,(H,16,17). The Balaban J connectivity index is 2.15. The van der Waals surface area contributed by atoms with Crippen molar-refractivity contribution in [3.05, 3.63) is 40.7 Å². The molecule has 0 aliphatic carbocycles. The van der Waals surface area contributed by atoms with Crippen LogP contribution in [0.2, 0.25) is 5.02 Å². The Hall–Kier alpha value is -1.55. The van der Waals surface area contributed by atoms with Gasteiger partial charge in [-0.2, -0.15) is 0 Å². The molecular weight excluding hydrogens is 245 g/mol. The fraction of sp³-hybridized carbons (Fsp3) is 0.250. The Morgan fingerprint density at radius 2 is 2.24 bits per heavy atom. The quantitative estimate of drug-likeness (QED) is 0.883. The van der Waals surface area contributed by atoms with Crippen LogP contribution >= 0.6 is 11.6 Å². The van der Waals surface area contributed by atoms with E-state index in [2.05, 4.69) is 0 Å². The molecule has 1 aliphatic heterocycles. The van der Waals surface area contributed by atoms with Crippen LogP contribution < -0.4 is 4.90 Å². The van der Waals surface area contributed by atoms with E-state index in [1.807, 2.05) is 4.90 Å². The topological polar surface area (TPSA) is 40.5 Å². The van der Waals surface area contributed by atoms with E-state index in [-0.39, 0.29) is 5.02 Å². The summed E-state index contributed by atoms with van der Waals surface area (Å²) in [5.41, 5.74) is 1.23. The molecule has 0 radical (unpaired) electrons. The number of nitrogens with zero attached hydrogens (tertiary/aromatic N) is 1. The van der Waals surface area contributed by atoms with E-state index >= 15 is 0 Å². The average molecular weight is 256 g/mol. The Kier molecular flexibility index (Phi) is 3.33. The molecule has 0 amide bonds. The molecule has 0 saturated heterocycles. The van der Waals surface area contributed by atoms with Gasteiger partial charge in [-0.05, 0) is 24.6 Å². The molecule has 1 heterocycles. The first-order valence-electron chi connectivity index (χ1n) is 5.20. The summed E-state index contributed by atoms with van der Waals surface area (Å²) >= 11 is 5.70. The minimum Gasteiger partial charge on any atom is -0.478 e. The smallest absolute Gasteiger partial charge is 0.331 e. The summed E-state index contributed by atoms with van der Waals surface area (Å²) in [6.45, 7) is 1.10. The molecule has 0 unspecified atom stereocenters. The zero-order chi connectivity index (χ0) is 12.4. The number of rotatable bonds is 2. The summed E-state index contributed by atoms with van der Waals surface area (Å²) in [4.78, 5) is 12.7. The highest BCUT2D eigenvalue weighted by Crippen LogP contribution is 2.25. The Morgan fingerprint density at radius 1 is 1.47 bits per heavy atom. The van der Waals surface area contributed by atoms with E-state index in [0.717, 1.165) is 5.69 Å². The zero-order valence-corrected chi connectivity index (χ0v) is 9.75. The number of hydrogen-bond acceptors (Lipinski definition) is 2. The Labute approximate surface area is 103 Å². The highest BCUT2D eigenvalue weighted by atomic mass is 35.5. The third kappa shape index (κ3) is 2.58. The second-order valence-corrected chi connectivity index (χ2v) is 4.24. The van der Waals surface area contributed by atoms with Crippen LogP contribution in [-0.4, -0.2) is 24.2 Å². The van der Waals surface area contributed by atoms with Crippen molar-refractivity contribution in [3.63, 3.8) is 0 Å². The number of aliphatic carboxylic acids is 1. The number of benzene rings is 1. The third-order valence-corrected chi connectivity index (χ3v) is 3.04. The average Bonchev–Trinajstić information content (AvgIpc) is 2.33. The molecule has 0 bridgehead atoms. The Morgan fingerprint density at radius 3 is 2.76 bits per heavy atom.